The molecule has 112 valence electrons. The minimum Gasteiger partial charge on any atom is -0.314 e. The highest BCUT2D eigenvalue weighted by Gasteiger charge is 2.20. The number of hydrogen-bond acceptors (Lipinski definition) is 3. The summed E-state index contributed by atoms with van der Waals surface area (Å²) >= 11 is 17.7. The molecule has 2 N–H and O–H groups in total. The molecule has 0 bridgehead atoms. The third-order valence-corrected chi connectivity index (χ3v) is 5.02. The molecule has 4 nitrogen and oxygen atoms in total. The molecule has 0 atom stereocenters. The molecule has 8 heteroatoms. The average Bonchev–Trinajstić information content (AvgIpc) is 3.13. The summed E-state index contributed by atoms with van der Waals surface area (Å²) in [5, 5.41) is 3.98. The largest absolute Gasteiger partial charge is 0.314 e. The lowest BCUT2D eigenvalue weighted by Gasteiger charge is -2.11. The minimum atomic E-state index is -3.47. The van der Waals surface area contributed by atoms with Crippen LogP contribution in [0, 0.1) is 0 Å². The predicted molar refractivity (Wildman–Crippen MR) is 84.5 cm³/mol. The van der Waals surface area contributed by atoms with Crippen LogP contribution in [0.1, 0.15) is 19.3 Å². The zero-order valence-corrected chi connectivity index (χ0v) is 13.7. The van der Waals surface area contributed by atoms with Gasteiger partial charge in [0, 0.05) is 11.1 Å². The van der Waals surface area contributed by atoms with Crippen LogP contribution < -0.4 is 10.0 Å². The second-order valence-electron chi connectivity index (χ2n) is 4.75. The second kappa shape index (κ2) is 6.71. The molecular formula is C12H15Cl3N2O2S. The Hall–Kier alpha value is -0.200. The molecule has 0 radical (unpaired) electrons. The van der Waals surface area contributed by atoms with Crippen LogP contribution in [0.2, 0.25) is 15.1 Å². The van der Waals surface area contributed by atoms with Crippen molar-refractivity contribution in [3.63, 3.8) is 0 Å². The lowest BCUT2D eigenvalue weighted by molar-refractivity contribution is 0.593. The van der Waals surface area contributed by atoms with E-state index >= 15 is 0 Å². The smallest absolute Gasteiger partial charge is 0.232 e. The van der Waals surface area contributed by atoms with E-state index in [9.17, 15) is 8.42 Å². The first kappa shape index (κ1) is 16.2. The van der Waals surface area contributed by atoms with Gasteiger partial charge in [0.2, 0.25) is 10.0 Å². The van der Waals surface area contributed by atoms with Gasteiger partial charge in [0.15, 0.2) is 0 Å². The SMILES string of the molecule is O=S(=O)(CCCNC1CC1)Nc1c(Cl)cc(Cl)cc1Cl. The van der Waals surface area contributed by atoms with E-state index in [0.29, 0.717) is 24.0 Å². The molecule has 1 fully saturated rings. The Morgan fingerprint density at radius 2 is 1.75 bits per heavy atom. The minimum absolute atomic E-state index is 0.0159. The summed E-state index contributed by atoms with van der Waals surface area (Å²) in [6.07, 6.45) is 2.90. The summed E-state index contributed by atoms with van der Waals surface area (Å²) in [6, 6.07) is 3.47. The summed E-state index contributed by atoms with van der Waals surface area (Å²) < 4.78 is 26.3. The maximum absolute atomic E-state index is 12.0. The first-order valence-electron chi connectivity index (χ1n) is 6.26. The third kappa shape index (κ3) is 4.97. The Morgan fingerprint density at radius 3 is 2.30 bits per heavy atom. The Morgan fingerprint density at radius 1 is 1.15 bits per heavy atom. The fourth-order valence-corrected chi connectivity index (χ4v) is 3.88. The van der Waals surface area contributed by atoms with Gasteiger partial charge in [-0.15, -0.1) is 0 Å². The summed E-state index contributed by atoms with van der Waals surface area (Å²) in [5.41, 5.74) is 0.174. The van der Waals surface area contributed by atoms with Crippen LogP contribution in [-0.2, 0) is 10.0 Å². The number of anilines is 1. The molecule has 1 saturated carbocycles. The molecule has 0 unspecified atom stereocenters. The van der Waals surface area contributed by atoms with Crippen LogP contribution in [0.5, 0.6) is 0 Å². The van der Waals surface area contributed by atoms with E-state index in [1.54, 1.807) is 0 Å². The van der Waals surface area contributed by atoms with Crippen molar-refractivity contribution in [2.24, 2.45) is 0 Å². The highest BCUT2D eigenvalue weighted by molar-refractivity contribution is 7.92. The zero-order chi connectivity index (χ0) is 14.8. The molecule has 1 aromatic rings. The van der Waals surface area contributed by atoms with Gasteiger partial charge >= 0.3 is 0 Å². The summed E-state index contributed by atoms with van der Waals surface area (Å²) in [5.74, 6) is 0.0159. The van der Waals surface area contributed by atoms with Gasteiger partial charge in [-0.3, -0.25) is 4.72 Å². The van der Waals surface area contributed by atoms with Gasteiger partial charge in [-0.25, -0.2) is 8.42 Å². The van der Waals surface area contributed by atoms with Crippen LogP contribution in [0.3, 0.4) is 0 Å². The molecule has 0 aliphatic heterocycles. The maximum atomic E-state index is 12.0. The molecule has 0 aromatic heterocycles. The zero-order valence-electron chi connectivity index (χ0n) is 10.6. The van der Waals surface area contributed by atoms with Crippen molar-refractivity contribution in [1.82, 2.24) is 5.32 Å². The van der Waals surface area contributed by atoms with Crippen molar-refractivity contribution in [1.29, 1.82) is 0 Å². The summed E-state index contributed by atoms with van der Waals surface area (Å²) in [6.45, 7) is 0.688. The Labute approximate surface area is 133 Å². The fraction of sp³-hybridized carbons (Fsp3) is 0.500. The van der Waals surface area contributed by atoms with E-state index in [4.69, 9.17) is 34.8 Å². The fourth-order valence-electron chi connectivity index (χ4n) is 1.70. The number of hydrogen-bond donors (Lipinski definition) is 2. The quantitative estimate of drug-likeness (QED) is 0.734. The molecule has 1 aromatic carbocycles. The van der Waals surface area contributed by atoms with E-state index in [-0.39, 0.29) is 21.5 Å². The van der Waals surface area contributed by atoms with Gasteiger partial charge in [-0.1, -0.05) is 34.8 Å². The van der Waals surface area contributed by atoms with E-state index in [1.165, 1.54) is 25.0 Å². The van der Waals surface area contributed by atoms with Gasteiger partial charge in [-0.2, -0.15) is 0 Å². The normalized spacial score (nSPS) is 15.3. The number of benzene rings is 1. The first-order valence-corrected chi connectivity index (χ1v) is 9.04. The average molecular weight is 358 g/mol. The molecule has 1 aliphatic carbocycles. The van der Waals surface area contributed by atoms with E-state index in [0.717, 1.165) is 0 Å². The van der Waals surface area contributed by atoms with Crippen molar-refractivity contribution in [3.05, 3.63) is 27.2 Å². The van der Waals surface area contributed by atoms with E-state index in [2.05, 4.69) is 10.0 Å². The molecule has 2 rings (SSSR count). The molecular weight excluding hydrogens is 343 g/mol. The molecule has 0 saturated heterocycles. The van der Waals surface area contributed by atoms with Crippen LogP contribution in [0.15, 0.2) is 12.1 Å². The number of nitrogens with one attached hydrogen (secondary N) is 2. The number of halogens is 3. The molecule has 0 spiro atoms. The van der Waals surface area contributed by atoms with Crippen molar-refractivity contribution in [2.45, 2.75) is 25.3 Å². The number of sulfonamides is 1. The van der Waals surface area contributed by atoms with Crippen LogP contribution in [0.4, 0.5) is 5.69 Å². The predicted octanol–water partition coefficient (Wildman–Crippen LogP) is 3.53. The lowest BCUT2D eigenvalue weighted by atomic mass is 10.3. The third-order valence-electron chi connectivity index (χ3n) is 2.86. The highest BCUT2D eigenvalue weighted by Crippen LogP contribution is 2.34. The molecule has 1 aliphatic rings. The van der Waals surface area contributed by atoms with Crippen molar-refractivity contribution < 1.29 is 8.42 Å². The van der Waals surface area contributed by atoms with Gasteiger partial charge in [0.1, 0.15) is 0 Å². The van der Waals surface area contributed by atoms with Crippen molar-refractivity contribution in [3.8, 4) is 0 Å². The maximum Gasteiger partial charge on any atom is 0.232 e. The summed E-state index contributed by atoms with van der Waals surface area (Å²) in [4.78, 5) is 0. The lowest BCUT2D eigenvalue weighted by Crippen LogP contribution is -2.23. The van der Waals surface area contributed by atoms with Crippen molar-refractivity contribution >= 4 is 50.5 Å². The number of rotatable bonds is 7. The Kier molecular flexibility index (Phi) is 5.42. The first-order chi connectivity index (χ1) is 9.37. The Bertz CT molecular complexity index is 565. The van der Waals surface area contributed by atoms with E-state index in [1.807, 2.05) is 0 Å². The van der Waals surface area contributed by atoms with Crippen molar-refractivity contribution in [2.75, 3.05) is 17.0 Å². The van der Waals surface area contributed by atoms with Gasteiger partial charge < -0.3 is 5.32 Å². The van der Waals surface area contributed by atoms with Gasteiger partial charge in [-0.05, 0) is 37.9 Å². The molecule has 0 heterocycles. The highest BCUT2D eigenvalue weighted by atomic mass is 35.5. The molecule has 20 heavy (non-hydrogen) atoms. The summed E-state index contributed by atoms with van der Waals surface area (Å²) in [7, 11) is -3.47. The Balaban J connectivity index is 1.93. The topological polar surface area (TPSA) is 58.2 Å². The molecule has 0 amide bonds. The van der Waals surface area contributed by atoms with Gasteiger partial charge in [0.25, 0.3) is 0 Å². The standard InChI is InChI=1S/C12H15Cl3N2O2S/c13-8-6-10(14)12(11(15)7-8)17-20(18,19)5-1-4-16-9-2-3-9/h6-7,9,16-17H,1-5H2. The monoisotopic (exact) mass is 356 g/mol. The second-order valence-corrected chi connectivity index (χ2v) is 7.84. The van der Waals surface area contributed by atoms with Crippen LogP contribution in [-0.4, -0.2) is 26.8 Å². The van der Waals surface area contributed by atoms with Crippen LogP contribution in [0.25, 0.3) is 0 Å². The van der Waals surface area contributed by atoms with Crippen LogP contribution >= 0.6 is 34.8 Å². The van der Waals surface area contributed by atoms with E-state index < -0.39 is 10.0 Å². The van der Waals surface area contributed by atoms with Gasteiger partial charge in [0.05, 0.1) is 21.5 Å².